The first-order chi connectivity index (χ1) is 13.4. The van der Waals surface area contributed by atoms with Gasteiger partial charge in [0, 0.05) is 39.4 Å². The molecule has 0 radical (unpaired) electrons. The van der Waals surface area contributed by atoms with Gasteiger partial charge in [-0.05, 0) is 13.8 Å². The number of nitrogens with zero attached hydrogens (tertiary/aromatic N) is 5. The van der Waals surface area contributed by atoms with Crippen molar-refractivity contribution in [2.75, 3.05) is 52.6 Å². The molecule has 0 aromatic carbocycles. The number of aromatic nitrogens is 3. The molecule has 1 heterocycles. The zero-order valence-corrected chi connectivity index (χ0v) is 17.3. The van der Waals surface area contributed by atoms with Gasteiger partial charge in [-0.25, -0.2) is 18.2 Å². The van der Waals surface area contributed by atoms with Crippen molar-refractivity contribution in [3.8, 4) is 0 Å². The normalized spacial score (nSPS) is 11.5. The van der Waals surface area contributed by atoms with Crippen LogP contribution in [0.3, 0.4) is 0 Å². The quantitative estimate of drug-likeness (QED) is 0.329. The van der Waals surface area contributed by atoms with E-state index in [-0.39, 0.29) is 39.4 Å². The van der Waals surface area contributed by atoms with Crippen LogP contribution in [-0.2, 0) is 19.5 Å². The summed E-state index contributed by atoms with van der Waals surface area (Å²) >= 11 is 0. The average Bonchev–Trinajstić information content (AvgIpc) is 3.17. The predicted molar refractivity (Wildman–Crippen MR) is 105 cm³/mol. The number of rotatable bonds is 14. The molecule has 0 bridgehead atoms. The van der Waals surface area contributed by atoms with Crippen molar-refractivity contribution in [1.29, 1.82) is 0 Å². The fraction of sp³-hybridized carbons (Fsp3) is 0.588. The first-order valence-corrected chi connectivity index (χ1v) is 10.4. The van der Waals surface area contributed by atoms with Crippen LogP contribution in [0, 0.1) is 0 Å². The zero-order valence-electron chi connectivity index (χ0n) is 16.5. The second-order valence-electron chi connectivity index (χ2n) is 5.53. The van der Waals surface area contributed by atoms with Gasteiger partial charge in [0.15, 0.2) is 0 Å². The Kier molecular flexibility index (Phi) is 10.6. The summed E-state index contributed by atoms with van der Waals surface area (Å²) in [5, 5.41) is 3.43. The highest BCUT2D eigenvalue weighted by atomic mass is 32.2. The third-order valence-electron chi connectivity index (χ3n) is 3.59. The molecule has 1 aromatic heterocycles. The Balaban J connectivity index is 3.02. The van der Waals surface area contributed by atoms with Gasteiger partial charge in [-0.15, -0.1) is 18.3 Å². The maximum atomic E-state index is 12.9. The Labute approximate surface area is 166 Å². The van der Waals surface area contributed by atoms with Crippen molar-refractivity contribution < 1.29 is 22.7 Å². The van der Waals surface area contributed by atoms with Crippen LogP contribution in [0.5, 0.6) is 0 Å². The largest absolute Gasteiger partial charge is 0.380 e. The van der Waals surface area contributed by atoms with Crippen LogP contribution < -0.4 is 0 Å². The van der Waals surface area contributed by atoms with Crippen LogP contribution in [0.15, 0.2) is 36.8 Å². The minimum atomic E-state index is -4.01. The van der Waals surface area contributed by atoms with E-state index >= 15 is 0 Å². The lowest BCUT2D eigenvalue weighted by Gasteiger charge is -2.20. The molecule has 0 fully saturated rings. The van der Waals surface area contributed by atoms with Gasteiger partial charge in [0.2, 0.25) is 0 Å². The molecule has 28 heavy (non-hydrogen) atoms. The van der Waals surface area contributed by atoms with E-state index in [2.05, 4.69) is 23.2 Å². The number of sulfonamides is 1. The van der Waals surface area contributed by atoms with Gasteiger partial charge in [-0.2, -0.15) is 8.99 Å². The Morgan fingerprint density at radius 1 is 1.14 bits per heavy atom. The molecular formula is C17H29N5O5S. The van der Waals surface area contributed by atoms with Gasteiger partial charge in [0.05, 0.1) is 13.2 Å². The van der Waals surface area contributed by atoms with E-state index in [0.717, 1.165) is 11.0 Å². The summed E-state index contributed by atoms with van der Waals surface area (Å²) in [6, 6.07) is -0.524. The Morgan fingerprint density at radius 2 is 1.68 bits per heavy atom. The van der Waals surface area contributed by atoms with Gasteiger partial charge >= 0.3 is 6.03 Å². The molecule has 0 N–H and O–H groups in total. The molecule has 158 valence electrons. The molecule has 10 nitrogen and oxygen atoms in total. The molecule has 0 aliphatic rings. The van der Waals surface area contributed by atoms with Crippen molar-refractivity contribution >= 4 is 16.1 Å². The van der Waals surface area contributed by atoms with Crippen LogP contribution in [0.2, 0.25) is 0 Å². The van der Waals surface area contributed by atoms with Crippen LogP contribution in [0.25, 0.3) is 0 Å². The highest BCUT2D eigenvalue weighted by molar-refractivity contribution is 7.88. The minimum absolute atomic E-state index is 0.130. The van der Waals surface area contributed by atoms with E-state index in [9.17, 15) is 13.2 Å². The van der Waals surface area contributed by atoms with Gasteiger partial charge in [0.25, 0.3) is 15.2 Å². The minimum Gasteiger partial charge on any atom is -0.380 e. The summed E-state index contributed by atoms with van der Waals surface area (Å²) in [4.78, 5) is 17.7. The number of ether oxygens (including phenoxy) is 2. The van der Waals surface area contributed by atoms with Gasteiger partial charge < -0.3 is 14.4 Å². The second kappa shape index (κ2) is 12.4. The SMILES string of the molecule is C=CCN(CC=C)C(=O)n1cnc(S(=O)(=O)N(CCOCC)CCOCC)n1. The molecule has 1 aromatic rings. The predicted octanol–water partition coefficient (Wildman–Crippen LogP) is 0.984. The zero-order chi connectivity index (χ0) is 21.0. The lowest BCUT2D eigenvalue weighted by atomic mass is 10.5. The third kappa shape index (κ3) is 6.82. The maximum Gasteiger partial charge on any atom is 0.346 e. The van der Waals surface area contributed by atoms with Crippen LogP contribution >= 0.6 is 0 Å². The summed E-state index contributed by atoms with van der Waals surface area (Å²) in [7, 11) is -4.01. The molecule has 0 saturated heterocycles. The molecule has 0 aliphatic carbocycles. The van der Waals surface area contributed by atoms with E-state index in [1.807, 2.05) is 13.8 Å². The number of hydrogen-bond acceptors (Lipinski definition) is 7. The van der Waals surface area contributed by atoms with Crippen molar-refractivity contribution in [2.24, 2.45) is 0 Å². The van der Waals surface area contributed by atoms with E-state index in [0.29, 0.717) is 13.2 Å². The molecule has 0 spiro atoms. The Hall–Kier alpha value is -2.08. The molecule has 0 saturated carbocycles. The van der Waals surface area contributed by atoms with Crippen LogP contribution in [-0.4, -0.2) is 91.0 Å². The van der Waals surface area contributed by atoms with Gasteiger partial charge in [0.1, 0.15) is 6.33 Å². The van der Waals surface area contributed by atoms with Gasteiger partial charge in [-0.1, -0.05) is 12.2 Å². The molecule has 1 rings (SSSR count). The Bertz CT molecular complexity index is 714. The Morgan fingerprint density at radius 3 is 2.14 bits per heavy atom. The fourth-order valence-electron chi connectivity index (χ4n) is 2.23. The fourth-order valence-corrected chi connectivity index (χ4v) is 3.47. The van der Waals surface area contributed by atoms with E-state index in [1.54, 1.807) is 12.2 Å². The monoisotopic (exact) mass is 415 g/mol. The van der Waals surface area contributed by atoms with Crippen LogP contribution in [0.1, 0.15) is 13.8 Å². The van der Waals surface area contributed by atoms with Crippen molar-refractivity contribution in [3.05, 3.63) is 31.6 Å². The van der Waals surface area contributed by atoms with Crippen molar-refractivity contribution in [3.63, 3.8) is 0 Å². The topological polar surface area (TPSA) is 107 Å². The van der Waals surface area contributed by atoms with Crippen molar-refractivity contribution in [2.45, 2.75) is 19.0 Å². The molecule has 0 atom stereocenters. The number of hydrogen-bond donors (Lipinski definition) is 0. The van der Waals surface area contributed by atoms with E-state index < -0.39 is 21.2 Å². The molecule has 0 aliphatic heterocycles. The summed E-state index contributed by atoms with van der Waals surface area (Å²) in [6.45, 7) is 13.0. The first kappa shape index (κ1) is 24.0. The summed E-state index contributed by atoms with van der Waals surface area (Å²) in [5.74, 6) is 0. The first-order valence-electron chi connectivity index (χ1n) is 9.00. The highest BCUT2D eigenvalue weighted by Gasteiger charge is 2.29. The molecular weight excluding hydrogens is 386 g/mol. The average molecular weight is 416 g/mol. The molecule has 1 amide bonds. The van der Waals surface area contributed by atoms with Crippen molar-refractivity contribution in [1.82, 2.24) is 24.0 Å². The second-order valence-corrected chi connectivity index (χ2v) is 7.37. The van der Waals surface area contributed by atoms with E-state index in [1.165, 1.54) is 9.21 Å². The molecule has 11 heteroatoms. The summed E-state index contributed by atoms with van der Waals surface area (Å²) in [5.41, 5.74) is 0. The summed E-state index contributed by atoms with van der Waals surface area (Å²) < 4.78 is 38.4. The third-order valence-corrected chi connectivity index (χ3v) is 5.28. The lowest BCUT2D eigenvalue weighted by Crippen LogP contribution is -2.38. The maximum absolute atomic E-state index is 12.9. The highest BCUT2D eigenvalue weighted by Crippen LogP contribution is 2.11. The number of amides is 1. The summed E-state index contributed by atoms with van der Waals surface area (Å²) in [6.07, 6.45) is 4.19. The van der Waals surface area contributed by atoms with Crippen LogP contribution in [0.4, 0.5) is 4.79 Å². The number of carbonyl (C=O) groups excluding carboxylic acids is 1. The molecule has 0 unspecified atom stereocenters. The smallest absolute Gasteiger partial charge is 0.346 e. The van der Waals surface area contributed by atoms with Gasteiger partial charge in [-0.3, -0.25) is 0 Å². The standard InChI is InChI=1S/C17H29N5O5S/c1-5-9-20(10-6-2)17(23)22-15-18-16(19-22)28(24,25)21(11-13-26-7-3)12-14-27-8-4/h5-6,15H,1-2,7-14H2,3-4H3. The van der Waals surface area contributed by atoms with E-state index in [4.69, 9.17) is 9.47 Å². The lowest BCUT2D eigenvalue weighted by molar-refractivity contribution is 0.110. The number of carbonyl (C=O) groups is 1.